The van der Waals surface area contributed by atoms with E-state index in [0.717, 1.165) is 41.9 Å². The van der Waals surface area contributed by atoms with Crippen molar-refractivity contribution < 1.29 is 9.84 Å². The van der Waals surface area contributed by atoms with Crippen LogP contribution in [0.3, 0.4) is 0 Å². The van der Waals surface area contributed by atoms with Gasteiger partial charge in [-0.2, -0.15) is 0 Å². The lowest BCUT2D eigenvalue weighted by Gasteiger charge is -2.07. The van der Waals surface area contributed by atoms with Crippen LogP contribution in [0.15, 0.2) is 60.9 Å². The topological polar surface area (TPSA) is 55.2 Å². The van der Waals surface area contributed by atoms with Crippen molar-refractivity contribution in [1.29, 1.82) is 0 Å². The Morgan fingerprint density at radius 1 is 0.833 bits per heavy atom. The molecule has 3 rings (SSSR count). The maximum absolute atomic E-state index is 9.35. The molecular weight excluding hydrogens is 300 g/mol. The van der Waals surface area contributed by atoms with E-state index in [0.29, 0.717) is 5.82 Å². The lowest BCUT2D eigenvalue weighted by molar-refractivity contribution is 0.309. The fourth-order valence-corrected chi connectivity index (χ4v) is 2.31. The van der Waals surface area contributed by atoms with Crippen LogP contribution in [-0.2, 0) is 0 Å². The van der Waals surface area contributed by atoms with Crippen LogP contribution in [0.2, 0.25) is 0 Å². The monoisotopic (exact) mass is 320 g/mol. The van der Waals surface area contributed by atoms with Crippen molar-refractivity contribution in [2.24, 2.45) is 0 Å². The van der Waals surface area contributed by atoms with Crippen molar-refractivity contribution in [2.75, 3.05) is 6.61 Å². The highest BCUT2D eigenvalue weighted by Crippen LogP contribution is 2.23. The van der Waals surface area contributed by atoms with Crippen molar-refractivity contribution in [3.63, 3.8) is 0 Å². The Morgan fingerprint density at radius 3 is 2.08 bits per heavy atom. The molecule has 0 unspecified atom stereocenters. The van der Waals surface area contributed by atoms with Gasteiger partial charge in [0.15, 0.2) is 5.82 Å². The van der Waals surface area contributed by atoms with Gasteiger partial charge in [0.1, 0.15) is 11.5 Å². The summed E-state index contributed by atoms with van der Waals surface area (Å²) in [7, 11) is 0. The number of phenols is 1. The number of rotatable bonds is 6. The van der Waals surface area contributed by atoms with E-state index in [1.54, 1.807) is 24.5 Å². The smallest absolute Gasteiger partial charge is 0.159 e. The van der Waals surface area contributed by atoms with E-state index in [1.165, 1.54) is 0 Å². The highest BCUT2D eigenvalue weighted by molar-refractivity contribution is 5.64. The van der Waals surface area contributed by atoms with Gasteiger partial charge in [-0.25, -0.2) is 9.97 Å². The minimum atomic E-state index is 0.248. The Morgan fingerprint density at radius 2 is 1.46 bits per heavy atom. The fourth-order valence-electron chi connectivity index (χ4n) is 2.31. The lowest BCUT2D eigenvalue weighted by Crippen LogP contribution is -1.96. The predicted octanol–water partition coefficient (Wildman–Crippen LogP) is 4.70. The molecule has 1 aromatic heterocycles. The number of aromatic nitrogens is 2. The van der Waals surface area contributed by atoms with Crippen molar-refractivity contribution >= 4 is 0 Å². The third-order valence-electron chi connectivity index (χ3n) is 3.73. The minimum Gasteiger partial charge on any atom is -0.508 e. The molecule has 0 saturated carbocycles. The van der Waals surface area contributed by atoms with Gasteiger partial charge in [0.25, 0.3) is 0 Å². The van der Waals surface area contributed by atoms with Gasteiger partial charge < -0.3 is 9.84 Å². The molecule has 0 bridgehead atoms. The molecule has 2 aromatic carbocycles. The van der Waals surface area contributed by atoms with Gasteiger partial charge in [-0.15, -0.1) is 0 Å². The molecule has 122 valence electrons. The molecule has 0 aliphatic heterocycles. The molecule has 0 spiro atoms. The first kappa shape index (κ1) is 16.0. The Kier molecular flexibility index (Phi) is 5.06. The molecule has 0 aliphatic carbocycles. The number of phenolic OH excluding ortho intramolecular Hbond substituents is 1. The molecule has 4 nitrogen and oxygen atoms in total. The van der Waals surface area contributed by atoms with Crippen LogP contribution in [0.1, 0.15) is 19.8 Å². The molecule has 0 aliphatic rings. The summed E-state index contributed by atoms with van der Waals surface area (Å²) in [5, 5.41) is 9.35. The third kappa shape index (κ3) is 3.90. The molecule has 0 atom stereocenters. The summed E-state index contributed by atoms with van der Waals surface area (Å²) in [5.41, 5.74) is 2.84. The zero-order valence-electron chi connectivity index (χ0n) is 13.6. The maximum atomic E-state index is 9.35. The normalized spacial score (nSPS) is 10.5. The predicted molar refractivity (Wildman–Crippen MR) is 95.0 cm³/mol. The summed E-state index contributed by atoms with van der Waals surface area (Å²) in [6.07, 6.45) is 5.77. The average molecular weight is 320 g/mol. The summed E-state index contributed by atoms with van der Waals surface area (Å²) in [4.78, 5) is 8.88. The number of unbranched alkanes of at least 4 members (excludes halogenated alkanes) is 1. The molecule has 3 aromatic rings. The molecule has 1 heterocycles. The highest BCUT2D eigenvalue weighted by atomic mass is 16.5. The first-order valence-corrected chi connectivity index (χ1v) is 8.11. The number of ether oxygens (including phenoxy) is 1. The molecule has 0 amide bonds. The Hall–Kier alpha value is -2.88. The summed E-state index contributed by atoms with van der Waals surface area (Å²) in [6.45, 7) is 2.89. The standard InChI is InChI=1S/C20H20N2O2/c1-2-3-12-24-19-10-6-16(7-11-19)20-21-13-17(14-22-20)15-4-8-18(23)9-5-15/h4-11,13-14,23H,2-3,12H2,1H3. The van der Waals surface area contributed by atoms with Crippen LogP contribution >= 0.6 is 0 Å². The van der Waals surface area contributed by atoms with E-state index in [4.69, 9.17) is 4.74 Å². The SMILES string of the molecule is CCCCOc1ccc(-c2ncc(-c3ccc(O)cc3)cn2)cc1. The van der Waals surface area contributed by atoms with Gasteiger partial charge >= 0.3 is 0 Å². The molecule has 0 radical (unpaired) electrons. The van der Waals surface area contributed by atoms with Gasteiger partial charge in [-0.1, -0.05) is 25.5 Å². The fraction of sp³-hybridized carbons (Fsp3) is 0.200. The van der Waals surface area contributed by atoms with Crippen LogP contribution in [0.25, 0.3) is 22.5 Å². The van der Waals surface area contributed by atoms with Crippen LogP contribution < -0.4 is 4.74 Å². The molecule has 24 heavy (non-hydrogen) atoms. The Bertz CT molecular complexity index is 766. The Balaban J connectivity index is 1.72. The number of hydrogen-bond acceptors (Lipinski definition) is 4. The van der Waals surface area contributed by atoms with E-state index in [9.17, 15) is 5.11 Å². The van der Waals surface area contributed by atoms with E-state index in [2.05, 4.69) is 16.9 Å². The van der Waals surface area contributed by atoms with Crippen molar-refractivity contribution in [1.82, 2.24) is 9.97 Å². The van der Waals surface area contributed by atoms with Gasteiger partial charge in [0, 0.05) is 23.5 Å². The number of benzene rings is 2. The first-order valence-electron chi connectivity index (χ1n) is 8.11. The van der Waals surface area contributed by atoms with Crippen LogP contribution in [0.5, 0.6) is 11.5 Å². The van der Waals surface area contributed by atoms with E-state index in [-0.39, 0.29) is 5.75 Å². The second-order valence-corrected chi connectivity index (χ2v) is 5.57. The molecule has 0 saturated heterocycles. The number of nitrogens with zero attached hydrogens (tertiary/aromatic N) is 2. The molecule has 1 N–H and O–H groups in total. The van der Waals surface area contributed by atoms with Crippen molar-refractivity contribution in [2.45, 2.75) is 19.8 Å². The quantitative estimate of drug-likeness (QED) is 0.669. The van der Waals surface area contributed by atoms with Crippen LogP contribution in [0.4, 0.5) is 0 Å². The first-order chi connectivity index (χ1) is 11.8. The molecule has 4 heteroatoms. The minimum absolute atomic E-state index is 0.248. The largest absolute Gasteiger partial charge is 0.508 e. The third-order valence-corrected chi connectivity index (χ3v) is 3.73. The lowest BCUT2D eigenvalue weighted by atomic mass is 10.1. The number of hydrogen-bond donors (Lipinski definition) is 1. The average Bonchev–Trinajstić information content (AvgIpc) is 2.63. The van der Waals surface area contributed by atoms with E-state index in [1.807, 2.05) is 36.4 Å². The van der Waals surface area contributed by atoms with Crippen molar-refractivity contribution in [3.8, 4) is 34.0 Å². The highest BCUT2D eigenvalue weighted by Gasteiger charge is 2.04. The zero-order chi connectivity index (χ0) is 16.8. The summed E-state index contributed by atoms with van der Waals surface area (Å²) in [6, 6.07) is 14.8. The van der Waals surface area contributed by atoms with E-state index >= 15 is 0 Å². The van der Waals surface area contributed by atoms with Gasteiger partial charge in [0.2, 0.25) is 0 Å². The van der Waals surface area contributed by atoms with Crippen LogP contribution in [0, 0.1) is 0 Å². The van der Waals surface area contributed by atoms with E-state index < -0.39 is 0 Å². The second kappa shape index (κ2) is 7.59. The summed E-state index contributed by atoms with van der Waals surface area (Å²) >= 11 is 0. The molecular formula is C20H20N2O2. The molecule has 0 fully saturated rings. The summed E-state index contributed by atoms with van der Waals surface area (Å²) in [5.74, 6) is 1.79. The Labute approximate surface area is 141 Å². The summed E-state index contributed by atoms with van der Waals surface area (Å²) < 4.78 is 5.66. The maximum Gasteiger partial charge on any atom is 0.159 e. The van der Waals surface area contributed by atoms with Crippen molar-refractivity contribution in [3.05, 3.63) is 60.9 Å². The van der Waals surface area contributed by atoms with Gasteiger partial charge in [-0.05, 0) is 48.4 Å². The second-order valence-electron chi connectivity index (χ2n) is 5.57. The van der Waals surface area contributed by atoms with Gasteiger partial charge in [-0.3, -0.25) is 0 Å². The number of aromatic hydroxyl groups is 1. The van der Waals surface area contributed by atoms with Crippen LogP contribution in [-0.4, -0.2) is 21.7 Å². The zero-order valence-corrected chi connectivity index (χ0v) is 13.6. The van der Waals surface area contributed by atoms with Gasteiger partial charge in [0.05, 0.1) is 6.61 Å².